The highest BCUT2D eigenvalue weighted by atomic mass is 127. The fourth-order valence-electron chi connectivity index (χ4n) is 2.85. The zero-order valence-electron chi connectivity index (χ0n) is 14.9. The van der Waals surface area contributed by atoms with Crippen molar-refractivity contribution in [3.05, 3.63) is 23.9 Å². The zero-order valence-corrected chi connectivity index (χ0v) is 17.2. The molecule has 0 atom stereocenters. The number of nitrogens with zero attached hydrogens (tertiary/aromatic N) is 3. The predicted octanol–water partition coefficient (Wildman–Crippen LogP) is 2.25. The number of pyridine rings is 1. The van der Waals surface area contributed by atoms with Crippen molar-refractivity contribution >= 4 is 29.9 Å². The molecule has 2 rings (SSSR count). The molecule has 0 aliphatic carbocycles. The number of ether oxygens (including phenoxy) is 1. The van der Waals surface area contributed by atoms with Crippen molar-refractivity contribution in [1.29, 1.82) is 0 Å². The molecule has 6 nitrogen and oxygen atoms in total. The molecule has 1 aliphatic heterocycles. The normalized spacial score (nSPS) is 16.4. The molecule has 1 fully saturated rings. The van der Waals surface area contributed by atoms with Crippen molar-refractivity contribution in [2.75, 3.05) is 33.8 Å². The van der Waals surface area contributed by atoms with Crippen LogP contribution in [0, 0.1) is 0 Å². The van der Waals surface area contributed by atoms with Gasteiger partial charge in [-0.05, 0) is 31.9 Å². The predicted molar refractivity (Wildman–Crippen MR) is 109 cm³/mol. The van der Waals surface area contributed by atoms with Crippen molar-refractivity contribution < 1.29 is 4.74 Å². The molecule has 0 aromatic carbocycles. The number of aliphatic imine (C=N–C) groups is 1. The largest absolute Gasteiger partial charge is 0.481 e. The summed E-state index contributed by atoms with van der Waals surface area (Å²) in [5.41, 5.74) is 0.935. The summed E-state index contributed by atoms with van der Waals surface area (Å²) >= 11 is 0. The number of likely N-dealkylation sites (tertiary alicyclic amines) is 1. The summed E-state index contributed by atoms with van der Waals surface area (Å²) in [6, 6.07) is 6.27. The van der Waals surface area contributed by atoms with E-state index in [0.29, 0.717) is 18.5 Å². The third-order valence-corrected chi connectivity index (χ3v) is 4.12. The Balaban J connectivity index is 0.00000288. The Labute approximate surface area is 162 Å². The lowest BCUT2D eigenvalue weighted by atomic mass is 10.1. The Morgan fingerprint density at radius 2 is 2.12 bits per heavy atom. The molecule has 0 radical (unpaired) electrons. The van der Waals surface area contributed by atoms with E-state index in [0.717, 1.165) is 24.5 Å². The number of rotatable bonds is 6. The van der Waals surface area contributed by atoms with E-state index in [1.54, 1.807) is 14.2 Å². The summed E-state index contributed by atoms with van der Waals surface area (Å²) in [5, 5.41) is 6.85. The van der Waals surface area contributed by atoms with Crippen LogP contribution in [0.2, 0.25) is 0 Å². The number of hydrogen-bond acceptors (Lipinski definition) is 4. The van der Waals surface area contributed by atoms with Gasteiger partial charge in [-0.3, -0.25) is 4.99 Å². The third kappa shape index (κ3) is 6.80. The molecule has 0 amide bonds. The van der Waals surface area contributed by atoms with Crippen LogP contribution in [0.3, 0.4) is 0 Å². The van der Waals surface area contributed by atoms with Gasteiger partial charge in [-0.1, -0.05) is 13.0 Å². The van der Waals surface area contributed by atoms with E-state index in [1.807, 2.05) is 18.2 Å². The van der Waals surface area contributed by atoms with E-state index in [2.05, 4.69) is 32.4 Å². The maximum absolute atomic E-state index is 5.15. The van der Waals surface area contributed by atoms with Gasteiger partial charge in [0.2, 0.25) is 5.88 Å². The third-order valence-electron chi connectivity index (χ3n) is 4.12. The van der Waals surface area contributed by atoms with Crippen LogP contribution in [0.15, 0.2) is 23.2 Å². The van der Waals surface area contributed by atoms with Gasteiger partial charge >= 0.3 is 0 Å². The van der Waals surface area contributed by atoms with Crippen molar-refractivity contribution in [2.24, 2.45) is 4.99 Å². The molecule has 0 spiro atoms. The van der Waals surface area contributed by atoms with Gasteiger partial charge in [-0.2, -0.15) is 0 Å². The number of halogens is 1. The van der Waals surface area contributed by atoms with E-state index in [1.165, 1.54) is 26.1 Å². The van der Waals surface area contributed by atoms with E-state index in [9.17, 15) is 0 Å². The zero-order chi connectivity index (χ0) is 16.5. The molecule has 2 N–H and O–H groups in total. The van der Waals surface area contributed by atoms with Crippen LogP contribution in [0.25, 0.3) is 0 Å². The van der Waals surface area contributed by atoms with Gasteiger partial charge in [0.05, 0.1) is 19.3 Å². The Morgan fingerprint density at radius 3 is 2.75 bits per heavy atom. The summed E-state index contributed by atoms with van der Waals surface area (Å²) in [7, 11) is 3.44. The van der Waals surface area contributed by atoms with Gasteiger partial charge in [0.15, 0.2) is 5.96 Å². The molecular weight excluding hydrogens is 417 g/mol. The molecule has 1 aromatic heterocycles. The molecule has 136 valence electrons. The molecule has 0 unspecified atom stereocenters. The van der Waals surface area contributed by atoms with Crippen LogP contribution in [0.4, 0.5) is 0 Å². The summed E-state index contributed by atoms with van der Waals surface area (Å²) in [5.74, 6) is 1.47. The number of methoxy groups -OCH3 is 1. The van der Waals surface area contributed by atoms with Crippen LogP contribution in [0.1, 0.15) is 31.9 Å². The highest BCUT2D eigenvalue weighted by Gasteiger charge is 2.19. The average molecular weight is 447 g/mol. The molecule has 1 saturated heterocycles. The number of guanidine groups is 1. The maximum atomic E-state index is 5.15. The minimum atomic E-state index is 0. The lowest BCUT2D eigenvalue weighted by Gasteiger charge is -2.32. The van der Waals surface area contributed by atoms with E-state index < -0.39 is 0 Å². The topological polar surface area (TPSA) is 61.8 Å². The number of piperidine rings is 1. The first-order valence-corrected chi connectivity index (χ1v) is 8.44. The van der Waals surface area contributed by atoms with Crippen LogP contribution >= 0.6 is 24.0 Å². The first-order valence-electron chi connectivity index (χ1n) is 8.44. The summed E-state index contributed by atoms with van der Waals surface area (Å²) in [6.45, 7) is 6.41. The minimum absolute atomic E-state index is 0. The average Bonchev–Trinajstić information content (AvgIpc) is 2.60. The number of aromatic nitrogens is 1. The van der Waals surface area contributed by atoms with Crippen molar-refractivity contribution in [3.8, 4) is 5.88 Å². The van der Waals surface area contributed by atoms with E-state index in [-0.39, 0.29) is 24.0 Å². The van der Waals surface area contributed by atoms with Crippen LogP contribution in [-0.2, 0) is 6.54 Å². The Bertz CT molecular complexity index is 504. The molecule has 1 aromatic rings. The molecule has 7 heteroatoms. The molecule has 0 bridgehead atoms. The molecule has 2 heterocycles. The van der Waals surface area contributed by atoms with Crippen LogP contribution < -0.4 is 15.4 Å². The molecule has 24 heavy (non-hydrogen) atoms. The van der Waals surface area contributed by atoms with Crippen LogP contribution in [-0.4, -0.2) is 55.7 Å². The quantitative estimate of drug-likeness (QED) is 0.398. The van der Waals surface area contributed by atoms with Gasteiger partial charge in [0, 0.05) is 32.2 Å². The Hall–Kier alpha value is -1.09. The summed E-state index contributed by atoms with van der Waals surface area (Å²) in [6.07, 6.45) is 3.56. The molecule has 1 aliphatic rings. The number of nitrogens with one attached hydrogen (secondary N) is 2. The maximum Gasteiger partial charge on any atom is 0.213 e. The van der Waals surface area contributed by atoms with E-state index >= 15 is 0 Å². The highest BCUT2D eigenvalue weighted by molar-refractivity contribution is 14.0. The molecule has 0 saturated carbocycles. The Kier molecular flexibility index (Phi) is 10.0. The SMILES string of the molecule is CCCN1CCC(NC(=NC)NCc2cccc(OC)n2)CC1.I. The van der Waals surface area contributed by atoms with Gasteiger partial charge in [-0.25, -0.2) is 4.98 Å². The van der Waals surface area contributed by atoms with Crippen molar-refractivity contribution in [1.82, 2.24) is 20.5 Å². The minimum Gasteiger partial charge on any atom is -0.481 e. The monoisotopic (exact) mass is 447 g/mol. The first kappa shape index (κ1) is 21.0. The smallest absolute Gasteiger partial charge is 0.213 e. The lowest BCUT2D eigenvalue weighted by molar-refractivity contribution is 0.206. The van der Waals surface area contributed by atoms with Gasteiger partial charge < -0.3 is 20.3 Å². The second-order valence-electron chi connectivity index (χ2n) is 5.86. The van der Waals surface area contributed by atoms with Crippen molar-refractivity contribution in [3.63, 3.8) is 0 Å². The van der Waals surface area contributed by atoms with Crippen molar-refractivity contribution in [2.45, 2.75) is 38.8 Å². The van der Waals surface area contributed by atoms with Gasteiger partial charge in [-0.15, -0.1) is 24.0 Å². The summed E-state index contributed by atoms with van der Waals surface area (Å²) in [4.78, 5) is 11.3. The fraction of sp³-hybridized carbons (Fsp3) is 0.647. The summed E-state index contributed by atoms with van der Waals surface area (Å²) < 4.78 is 5.15. The lowest BCUT2D eigenvalue weighted by Crippen LogP contribution is -2.48. The number of hydrogen-bond donors (Lipinski definition) is 2. The first-order chi connectivity index (χ1) is 11.2. The van der Waals surface area contributed by atoms with E-state index in [4.69, 9.17) is 4.74 Å². The Morgan fingerprint density at radius 1 is 1.38 bits per heavy atom. The fourth-order valence-corrected chi connectivity index (χ4v) is 2.85. The second-order valence-corrected chi connectivity index (χ2v) is 5.86. The van der Waals surface area contributed by atoms with Crippen LogP contribution in [0.5, 0.6) is 5.88 Å². The standard InChI is InChI=1S/C17H29N5O.HI/c1-4-10-22-11-8-14(9-12-22)21-17(18-2)19-13-15-6-5-7-16(20-15)23-3;/h5-7,14H,4,8-13H2,1-3H3,(H2,18,19,21);1H. The van der Waals surface area contributed by atoms with Gasteiger partial charge in [0.1, 0.15) is 0 Å². The highest BCUT2D eigenvalue weighted by Crippen LogP contribution is 2.10. The van der Waals surface area contributed by atoms with Gasteiger partial charge in [0.25, 0.3) is 0 Å². The molecular formula is C17H30IN5O. The second kappa shape index (κ2) is 11.5.